The second kappa shape index (κ2) is 10.5. The first-order chi connectivity index (χ1) is 16.9. The molecule has 4 heterocycles. The molecule has 0 bridgehead atoms. The molecular weight excluding hydrogens is 446 g/mol. The van der Waals surface area contributed by atoms with Crippen LogP contribution in [0.2, 0.25) is 0 Å². The number of aromatic nitrogens is 2. The van der Waals surface area contributed by atoms with Crippen LogP contribution in [0.1, 0.15) is 89.0 Å². The number of hydrogen-bond donors (Lipinski definition) is 0. The van der Waals surface area contributed by atoms with E-state index in [0.717, 1.165) is 51.7 Å². The Morgan fingerprint density at radius 2 is 1.71 bits per heavy atom. The number of amides is 2. The van der Waals surface area contributed by atoms with Crippen molar-refractivity contribution in [2.24, 2.45) is 11.3 Å². The zero-order valence-corrected chi connectivity index (χ0v) is 21.4. The summed E-state index contributed by atoms with van der Waals surface area (Å²) in [6, 6.07) is -0.0550. The maximum atomic E-state index is 13.1. The molecule has 0 radical (unpaired) electrons. The van der Waals surface area contributed by atoms with Gasteiger partial charge >= 0.3 is 0 Å². The van der Waals surface area contributed by atoms with Gasteiger partial charge in [0.25, 0.3) is 0 Å². The monoisotopic (exact) mass is 487 g/mol. The Kier molecular flexibility index (Phi) is 7.44. The predicted molar refractivity (Wildman–Crippen MR) is 130 cm³/mol. The quantitative estimate of drug-likeness (QED) is 0.630. The summed E-state index contributed by atoms with van der Waals surface area (Å²) in [5, 5.41) is 8.68. The molecule has 0 N–H and O–H groups in total. The summed E-state index contributed by atoms with van der Waals surface area (Å²) in [7, 11) is 0. The molecule has 2 amide bonds. The molecule has 1 spiro atoms. The summed E-state index contributed by atoms with van der Waals surface area (Å²) in [5.41, 5.74) is 0.0752. The Morgan fingerprint density at radius 3 is 2.37 bits per heavy atom. The van der Waals surface area contributed by atoms with E-state index in [2.05, 4.69) is 20.0 Å². The molecule has 9 heteroatoms. The number of nitrogens with zero attached hydrogens (tertiary/aromatic N) is 5. The Labute approximate surface area is 208 Å². The van der Waals surface area contributed by atoms with E-state index in [4.69, 9.17) is 9.15 Å². The first-order valence-electron chi connectivity index (χ1n) is 13.7. The number of ether oxygens (including phenoxy) is 1. The van der Waals surface area contributed by atoms with Crippen LogP contribution >= 0.6 is 0 Å². The minimum Gasteiger partial charge on any atom is -0.423 e. The summed E-state index contributed by atoms with van der Waals surface area (Å²) < 4.78 is 11.5. The van der Waals surface area contributed by atoms with Crippen LogP contribution in [0, 0.1) is 11.3 Å². The highest BCUT2D eigenvalue weighted by atomic mass is 16.5. The molecule has 1 aromatic heterocycles. The Balaban J connectivity index is 1.28. The average molecular weight is 488 g/mol. The highest BCUT2D eigenvalue weighted by Crippen LogP contribution is 2.49. The van der Waals surface area contributed by atoms with E-state index in [9.17, 15) is 9.59 Å². The zero-order valence-electron chi connectivity index (χ0n) is 21.4. The Hall–Kier alpha value is -2.00. The van der Waals surface area contributed by atoms with Crippen molar-refractivity contribution in [2.75, 3.05) is 52.5 Å². The number of likely N-dealkylation sites (tertiary alicyclic amines) is 2. The van der Waals surface area contributed by atoms with Crippen LogP contribution in [0.25, 0.3) is 0 Å². The molecule has 3 saturated heterocycles. The number of carbonyl (C=O) groups excluding carboxylic acids is 2. The normalized spacial score (nSPS) is 26.1. The maximum Gasteiger partial charge on any atom is 0.236 e. The van der Waals surface area contributed by atoms with Gasteiger partial charge in [0.15, 0.2) is 0 Å². The third-order valence-electron chi connectivity index (χ3n) is 8.63. The lowest BCUT2D eigenvalue weighted by Crippen LogP contribution is -2.48. The fraction of sp³-hybridized carbons (Fsp3) is 0.846. The van der Waals surface area contributed by atoms with E-state index < -0.39 is 0 Å². The van der Waals surface area contributed by atoms with Gasteiger partial charge in [0.2, 0.25) is 23.6 Å². The highest BCUT2D eigenvalue weighted by molar-refractivity contribution is 5.79. The van der Waals surface area contributed by atoms with E-state index >= 15 is 0 Å². The SMILES string of the molecule is CC(C)c1nnc(C2CC3(CCN(C(=O)C4CCCCC4)CC3)CN2CC(=O)N2CCOCC2)o1. The van der Waals surface area contributed by atoms with Gasteiger partial charge in [-0.1, -0.05) is 33.1 Å². The van der Waals surface area contributed by atoms with Gasteiger partial charge in [-0.2, -0.15) is 0 Å². The van der Waals surface area contributed by atoms with Crippen molar-refractivity contribution in [3.05, 3.63) is 11.8 Å². The zero-order chi connectivity index (χ0) is 24.4. The highest BCUT2D eigenvalue weighted by Gasteiger charge is 2.49. The molecule has 1 atom stereocenters. The van der Waals surface area contributed by atoms with Crippen LogP contribution in [0.5, 0.6) is 0 Å². The van der Waals surface area contributed by atoms with Crippen molar-refractivity contribution in [3.63, 3.8) is 0 Å². The van der Waals surface area contributed by atoms with Crippen LogP contribution in [-0.4, -0.2) is 89.2 Å². The number of hydrogen-bond acceptors (Lipinski definition) is 7. The van der Waals surface area contributed by atoms with Gasteiger partial charge < -0.3 is 19.0 Å². The third-order valence-corrected chi connectivity index (χ3v) is 8.63. The van der Waals surface area contributed by atoms with Crippen molar-refractivity contribution in [3.8, 4) is 0 Å². The topological polar surface area (TPSA) is 92.0 Å². The van der Waals surface area contributed by atoms with Crippen molar-refractivity contribution in [1.29, 1.82) is 0 Å². The molecule has 5 rings (SSSR count). The van der Waals surface area contributed by atoms with E-state index in [0.29, 0.717) is 50.5 Å². The molecule has 4 aliphatic rings. The minimum atomic E-state index is -0.0550. The van der Waals surface area contributed by atoms with Crippen molar-refractivity contribution >= 4 is 11.8 Å². The molecule has 35 heavy (non-hydrogen) atoms. The molecule has 9 nitrogen and oxygen atoms in total. The van der Waals surface area contributed by atoms with Gasteiger partial charge in [0, 0.05) is 44.6 Å². The molecule has 0 aromatic carbocycles. The van der Waals surface area contributed by atoms with Gasteiger partial charge in [-0.05, 0) is 37.5 Å². The summed E-state index contributed by atoms with van der Waals surface area (Å²) in [6.45, 7) is 9.42. The maximum absolute atomic E-state index is 13.1. The molecule has 1 aliphatic carbocycles. The standard InChI is InChI=1S/C26H41N5O4/c1-19(2)23-27-28-24(35-23)21-16-26(18-31(21)17-22(32)29-12-14-34-15-13-29)8-10-30(11-9-26)25(33)20-6-4-3-5-7-20/h19-21H,3-18H2,1-2H3. The van der Waals surface area contributed by atoms with Gasteiger partial charge in [-0.25, -0.2) is 0 Å². The van der Waals surface area contributed by atoms with E-state index in [1.54, 1.807) is 0 Å². The van der Waals surface area contributed by atoms with Gasteiger partial charge in [-0.15, -0.1) is 10.2 Å². The summed E-state index contributed by atoms with van der Waals surface area (Å²) in [6.07, 6.45) is 8.57. The lowest BCUT2D eigenvalue weighted by molar-refractivity contribution is -0.138. The smallest absolute Gasteiger partial charge is 0.236 e. The second-order valence-electron chi connectivity index (χ2n) is 11.4. The Bertz CT molecular complexity index is 882. The van der Waals surface area contributed by atoms with Gasteiger partial charge in [-0.3, -0.25) is 14.5 Å². The average Bonchev–Trinajstić information content (AvgIpc) is 3.51. The van der Waals surface area contributed by atoms with Crippen LogP contribution in [0.4, 0.5) is 0 Å². The Morgan fingerprint density at radius 1 is 1.00 bits per heavy atom. The number of morpholine rings is 1. The lowest BCUT2D eigenvalue weighted by Gasteiger charge is -2.41. The lowest BCUT2D eigenvalue weighted by atomic mass is 9.76. The fourth-order valence-corrected chi connectivity index (χ4v) is 6.43. The molecule has 4 fully saturated rings. The van der Waals surface area contributed by atoms with Crippen LogP contribution < -0.4 is 0 Å². The number of rotatable bonds is 5. The fourth-order valence-electron chi connectivity index (χ4n) is 6.43. The van der Waals surface area contributed by atoms with Crippen LogP contribution in [0.15, 0.2) is 4.42 Å². The summed E-state index contributed by atoms with van der Waals surface area (Å²) in [5.74, 6) is 2.18. The van der Waals surface area contributed by atoms with Crippen molar-refractivity contribution in [2.45, 2.75) is 77.2 Å². The molecule has 194 valence electrons. The third kappa shape index (κ3) is 5.40. The minimum absolute atomic E-state index is 0.0550. The molecule has 1 aromatic rings. The van der Waals surface area contributed by atoms with Crippen LogP contribution in [-0.2, 0) is 14.3 Å². The number of piperidine rings is 1. The van der Waals surface area contributed by atoms with Crippen molar-refractivity contribution in [1.82, 2.24) is 24.9 Å². The molecule has 1 unspecified atom stereocenters. The predicted octanol–water partition coefficient (Wildman–Crippen LogP) is 2.99. The van der Waals surface area contributed by atoms with Gasteiger partial charge in [0.05, 0.1) is 25.8 Å². The second-order valence-corrected chi connectivity index (χ2v) is 11.4. The van der Waals surface area contributed by atoms with Crippen LogP contribution in [0.3, 0.4) is 0 Å². The largest absolute Gasteiger partial charge is 0.423 e. The molecule has 1 saturated carbocycles. The molecular formula is C26H41N5O4. The van der Waals surface area contributed by atoms with E-state index in [1.807, 2.05) is 18.7 Å². The summed E-state index contributed by atoms with van der Waals surface area (Å²) >= 11 is 0. The number of carbonyl (C=O) groups is 2. The first-order valence-corrected chi connectivity index (χ1v) is 13.7. The van der Waals surface area contributed by atoms with E-state index in [-0.39, 0.29) is 29.2 Å². The summed E-state index contributed by atoms with van der Waals surface area (Å²) in [4.78, 5) is 32.5. The molecule has 3 aliphatic heterocycles. The van der Waals surface area contributed by atoms with E-state index in [1.165, 1.54) is 19.3 Å². The first kappa shape index (κ1) is 24.7. The van der Waals surface area contributed by atoms with Crippen molar-refractivity contribution < 1.29 is 18.7 Å². The van der Waals surface area contributed by atoms with Gasteiger partial charge in [0.1, 0.15) is 0 Å².